The topological polar surface area (TPSA) is 76.4 Å². The molecule has 19 heavy (non-hydrogen) atoms. The number of rotatable bonds is 4. The molecule has 0 saturated carbocycles. The first-order valence-electron chi connectivity index (χ1n) is 6.69. The highest BCUT2D eigenvalue weighted by atomic mass is 28.4. The number of carbonyl (C=O) groups excluding carboxylic acids is 1. The van der Waals surface area contributed by atoms with E-state index in [1.54, 1.807) is 0 Å². The summed E-state index contributed by atoms with van der Waals surface area (Å²) in [6.07, 6.45) is 2.01. The van der Waals surface area contributed by atoms with E-state index in [4.69, 9.17) is 10.3 Å². The molecule has 6 heteroatoms. The first-order chi connectivity index (χ1) is 8.54. The summed E-state index contributed by atoms with van der Waals surface area (Å²) in [5.41, 5.74) is 9.39. The van der Waals surface area contributed by atoms with Crippen LogP contribution in [-0.4, -0.2) is 32.9 Å². The molecule has 4 N–H and O–H groups in total. The molecule has 0 aromatic carbocycles. The highest BCUT2D eigenvalue weighted by molar-refractivity contribution is 6.74. The van der Waals surface area contributed by atoms with Crippen LogP contribution in [0.5, 0.6) is 0 Å². The lowest BCUT2D eigenvalue weighted by Gasteiger charge is -2.37. The van der Waals surface area contributed by atoms with Crippen LogP contribution in [0.1, 0.15) is 27.7 Å². The minimum atomic E-state index is -1.81. The third-order valence-corrected chi connectivity index (χ3v) is 8.26. The molecule has 110 valence electrons. The molecular formula is C13H27N3O2Si. The Labute approximate surface area is 117 Å². The number of hydroxylamine groups is 1. The molecule has 5 nitrogen and oxygen atoms in total. The van der Waals surface area contributed by atoms with E-state index in [-0.39, 0.29) is 23.0 Å². The van der Waals surface area contributed by atoms with Crippen molar-refractivity contribution < 1.29 is 9.32 Å². The molecule has 0 fully saturated rings. The summed E-state index contributed by atoms with van der Waals surface area (Å²) >= 11 is 0. The van der Waals surface area contributed by atoms with Gasteiger partial charge in [-0.3, -0.25) is 4.79 Å². The standard InChI is InChI=1S/C13H27N3O2Si/c1-9-7-10(8-15-11(9)12(14)17)16-18-19(5,6)13(2,3)4/h7,10-11,15-16H,8H2,1-6H3,(H2,14,17)/t10-,11+/m1/s1. The lowest BCUT2D eigenvalue weighted by Crippen LogP contribution is -2.54. The van der Waals surface area contributed by atoms with Gasteiger partial charge in [0.1, 0.15) is 6.04 Å². The molecule has 1 amide bonds. The molecule has 1 aliphatic rings. The molecule has 0 aliphatic carbocycles. The zero-order valence-electron chi connectivity index (χ0n) is 12.8. The van der Waals surface area contributed by atoms with Gasteiger partial charge in [-0.25, -0.2) is 5.48 Å². The van der Waals surface area contributed by atoms with Gasteiger partial charge in [0.05, 0.1) is 6.04 Å². The van der Waals surface area contributed by atoms with Crippen molar-refractivity contribution in [1.82, 2.24) is 10.8 Å². The third-order valence-electron chi connectivity index (χ3n) is 4.02. The van der Waals surface area contributed by atoms with Crippen molar-refractivity contribution in [2.45, 2.75) is 57.9 Å². The van der Waals surface area contributed by atoms with E-state index in [2.05, 4.69) is 44.7 Å². The Kier molecular flexibility index (Phi) is 4.95. The lowest BCUT2D eigenvalue weighted by atomic mass is 10.0. The number of hydrogen-bond acceptors (Lipinski definition) is 4. The van der Waals surface area contributed by atoms with E-state index in [9.17, 15) is 4.79 Å². The largest absolute Gasteiger partial charge is 0.368 e. The summed E-state index contributed by atoms with van der Waals surface area (Å²) in [7, 11) is -1.81. The predicted octanol–water partition coefficient (Wildman–Crippen LogP) is 1.28. The SMILES string of the molecule is CC1=C[C@@H](NO[Si](C)(C)C(C)(C)C)CN[C@@H]1C(N)=O. The average molecular weight is 285 g/mol. The molecule has 1 heterocycles. The van der Waals surface area contributed by atoms with Crippen molar-refractivity contribution in [1.29, 1.82) is 0 Å². The highest BCUT2D eigenvalue weighted by Gasteiger charge is 2.38. The molecule has 0 aromatic heterocycles. The van der Waals surface area contributed by atoms with Gasteiger partial charge in [0.2, 0.25) is 14.2 Å². The number of amides is 1. The average Bonchev–Trinajstić information content (AvgIpc) is 2.24. The van der Waals surface area contributed by atoms with E-state index in [0.29, 0.717) is 6.54 Å². The number of hydrogen-bond donors (Lipinski definition) is 3. The van der Waals surface area contributed by atoms with Crippen molar-refractivity contribution in [2.75, 3.05) is 6.54 Å². The minimum absolute atomic E-state index is 0.0738. The molecular weight excluding hydrogens is 258 g/mol. The van der Waals surface area contributed by atoms with Crippen LogP contribution in [0.15, 0.2) is 11.6 Å². The Morgan fingerprint density at radius 2 is 2.11 bits per heavy atom. The van der Waals surface area contributed by atoms with Crippen molar-refractivity contribution in [3.8, 4) is 0 Å². The maximum absolute atomic E-state index is 11.2. The van der Waals surface area contributed by atoms with Crippen LogP contribution in [0.3, 0.4) is 0 Å². The van der Waals surface area contributed by atoms with Crippen molar-refractivity contribution in [2.24, 2.45) is 5.73 Å². The molecule has 0 radical (unpaired) electrons. The van der Waals surface area contributed by atoms with Crippen LogP contribution in [0.25, 0.3) is 0 Å². The van der Waals surface area contributed by atoms with Gasteiger partial charge in [-0.1, -0.05) is 26.8 Å². The van der Waals surface area contributed by atoms with Crippen LogP contribution >= 0.6 is 0 Å². The summed E-state index contributed by atoms with van der Waals surface area (Å²) in [5, 5.41) is 3.29. The Balaban J connectivity index is 2.60. The van der Waals surface area contributed by atoms with Gasteiger partial charge in [0, 0.05) is 6.54 Å². The predicted molar refractivity (Wildman–Crippen MR) is 79.9 cm³/mol. The van der Waals surface area contributed by atoms with Crippen LogP contribution in [0, 0.1) is 0 Å². The Morgan fingerprint density at radius 3 is 2.53 bits per heavy atom. The fraction of sp³-hybridized carbons (Fsp3) is 0.769. The van der Waals surface area contributed by atoms with E-state index >= 15 is 0 Å². The summed E-state index contributed by atoms with van der Waals surface area (Å²) in [5.74, 6) is -0.336. The first-order valence-corrected chi connectivity index (χ1v) is 9.60. The van der Waals surface area contributed by atoms with Gasteiger partial charge in [0.25, 0.3) is 0 Å². The summed E-state index contributed by atoms with van der Waals surface area (Å²) in [6, 6.07) is -0.282. The highest BCUT2D eigenvalue weighted by Crippen LogP contribution is 2.35. The molecule has 0 aromatic rings. The number of nitrogens with one attached hydrogen (secondary N) is 2. The fourth-order valence-electron chi connectivity index (χ4n) is 1.66. The monoisotopic (exact) mass is 285 g/mol. The molecule has 1 rings (SSSR count). The van der Waals surface area contributed by atoms with Crippen molar-refractivity contribution >= 4 is 14.2 Å². The van der Waals surface area contributed by atoms with Gasteiger partial charge in [0.15, 0.2) is 0 Å². The fourth-order valence-corrected chi connectivity index (χ4v) is 2.41. The van der Waals surface area contributed by atoms with Gasteiger partial charge in [-0.2, -0.15) is 0 Å². The molecule has 0 spiro atoms. The molecule has 0 bridgehead atoms. The van der Waals surface area contributed by atoms with Gasteiger partial charge in [-0.15, -0.1) is 0 Å². The van der Waals surface area contributed by atoms with Gasteiger partial charge < -0.3 is 15.6 Å². The lowest BCUT2D eigenvalue weighted by molar-refractivity contribution is -0.119. The second-order valence-electron chi connectivity index (χ2n) is 6.74. The summed E-state index contributed by atoms with van der Waals surface area (Å²) < 4.78 is 5.97. The second-order valence-corrected chi connectivity index (χ2v) is 11.5. The van der Waals surface area contributed by atoms with E-state index in [1.807, 2.05) is 13.0 Å². The van der Waals surface area contributed by atoms with E-state index < -0.39 is 8.32 Å². The third kappa shape index (κ3) is 4.14. The van der Waals surface area contributed by atoms with Gasteiger partial charge >= 0.3 is 0 Å². The zero-order chi connectivity index (χ0) is 14.8. The Morgan fingerprint density at radius 1 is 1.53 bits per heavy atom. The number of nitrogens with two attached hydrogens (primary N) is 1. The minimum Gasteiger partial charge on any atom is -0.368 e. The van der Waals surface area contributed by atoms with Crippen LogP contribution < -0.4 is 16.5 Å². The van der Waals surface area contributed by atoms with Crippen LogP contribution in [0.2, 0.25) is 18.1 Å². The second kappa shape index (κ2) is 5.74. The van der Waals surface area contributed by atoms with Crippen molar-refractivity contribution in [3.05, 3.63) is 11.6 Å². The first kappa shape index (κ1) is 16.4. The smallest absolute Gasteiger partial charge is 0.238 e. The molecule has 0 unspecified atom stereocenters. The Hall–Kier alpha value is -0.693. The Bertz CT molecular complexity index is 375. The number of carbonyl (C=O) groups is 1. The molecule has 2 atom stereocenters. The normalized spacial score (nSPS) is 25.1. The summed E-state index contributed by atoms with van der Waals surface area (Å²) in [6.45, 7) is 13.5. The maximum atomic E-state index is 11.2. The molecule has 0 saturated heterocycles. The van der Waals surface area contributed by atoms with E-state index in [0.717, 1.165) is 5.57 Å². The zero-order valence-corrected chi connectivity index (χ0v) is 13.8. The van der Waals surface area contributed by atoms with Gasteiger partial charge in [-0.05, 0) is 30.6 Å². The van der Waals surface area contributed by atoms with E-state index in [1.165, 1.54) is 0 Å². The van der Waals surface area contributed by atoms with Crippen LogP contribution in [0.4, 0.5) is 0 Å². The van der Waals surface area contributed by atoms with Crippen molar-refractivity contribution in [3.63, 3.8) is 0 Å². The quantitative estimate of drug-likeness (QED) is 0.413. The number of primary amides is 1. The maximum Gasteiger partial charge on any atom is 0.238 e. The van der Waals surface area contributed by atoms with Crippen LogP contribution in [-0.2, 0) is 9.32 Å². The molecule has 1 aliphatic heterocycles. The summed E-state index contributed by atoms with van der Waals surface area (Å²) in [4.78, 5) is 11.2.